The van der Waals surface area contributed by atoms with Crippen LogP contribution in [0, 0.1) is 5.92 Å². The largest absolute Gasteiger partial charge is 0.440 e. The minimum Gasteiger partial charge on any atom is -0.440 e. The second-order valence-corrected chi connectivity index (χ2v) is 11.2. The van der Waals surface area contributed by atoms with Crippen molar-refractivity contribution in [2.24, 2.45) is 5.92 Å². The molecule has 36 heavy (non-hydrogen) atoms. The molecule has 0 radical (unpaired) electrons. The van der Waals surface area contributed by atoms with Gasteiger partial charge in [0.15, 0.2) is 17.2 Å². The molecule has 2 fully saturated rings. The zero-order valence-corrected chi connectivity index (χ0v) is 20.9. The molecule has 1 aliphatic heterocycles. The summed E-state index contributed by atoms with van der Waals surface area (Å²) in [6.07, 6.45) is 3.89. The topological polar surface area (TPSA) is 141 Å². The molecule has 0 atom stereocenters. The van der Waals surface area contributed by atoms with Gasteiger partial charge in [-0.2, -0.15) is 8.42 Å². The van der Waals surface area contributed by atoms with Gasteiger partial charge in [0.25, 0.3) is 15.9 Å². The molecular formula is C24H26ClN3O7S. The Labute approximate surface area is 212 Å². The Hall–Kier alpha value is -2.89. The smallest absolute Gasteiger partial charge is 0.297 e. The number of oxazole rings is 1. The van der Waals surface area contributed by atoms with Crippen LogP contribution >= 0.6 is 11.6 Å². The lowest BCUT2D eigenvalue weighted by Crippen LogP contribution is -2.38. The van der Waals surface area contributed by atoms with Crippen LogP contribution in [0.15, 0.2) is 44.3 Å². The van der Waals surface area contributed by atoms with Crippen LogP contribution in [0.25, 0.3) is 11.1 Å². The van der Waals surface area contributed by atoms with Crippen LogP contribution in [0.5, 0.6) is 0 Å². The van der Waals surface area contributed by atoms with E-state index in [4.69, 9.17) is 25.2 Å². The highest BCUT2D eigenvalue weighted by molar-refractivity contribution is 7.89. The first-order valence-electron chi connectivity index (χ1n) is 11.9. The molecule has 5 rings (SSSR count). The predicted octanol–water partition coefficient (Wildman–Crippen LogP) is 3.76. The molecule has 2 aromatic heterocycles. The van der Waals surface area contributed by atoms with Gasteiger partial charge in [-0.25, -0.2) is 9.71 Å². The van der Waals surface area contributed by atoms with E-state index in [1.54, 1.807) is 18.2 Å². The van der Waals surface area contributed by atoms with Gasteiger partial charge < -0.3 is 18.9 Å². The molecule has 3 heterocycles. The number of aromatic nitrogens is 1. The summed E-state index contributed by atoms with van der Waals surface area (Å²) in [5.41, 5.74) is 1.41. The molecule has 0 unspecified atom stereocenters. The van der Waals surface area contributed by atoms with Crippen LogP contribution in [-0.2, 0) is 19.6 Å². The number of nitrogens with one attached hydrogen (secondary N) is 2. The van der Waals surface area contributed by atoms with Crippen molar-refractivity contribution in [2.45, 2.75) is 55.6 Å². The normalized spacial score (nSPS) is 21.4. The number of carbonyl (C=O) groups excluding carboxylic acids is 2. The Morgan fingerprint density at radius 3 is 2.47 bits per heavy atom. The number of carbonyl (C=O) groups is 2. The summed E-state index contributed by atoms with van der Waals surface area (Å²) in [4.78, 5) is 29.5. The zero-order chi connectivity index (χ0) is 25.3. The van der Waals surface area contributed by atoms with E-state index in [-0.39, 0.29) is 17.7 Å². The highest BCUT2D eigenvalue weighted by Gasteiger charge is 2.30. The Morgan fingerprint density at radius 2 is 1.72 bits per heavy atom. The number of halogens is 1. The lowest BCUT2D eigenvalue weighted by molar-refractivity contribution is -0.126. The van der Waals surface area contributed by atoms with Gasteiger partial charge in [-0.15, -0.1) is 0 Å². The van der Waals surface area contributed by atoms with Crippen molar-refractivity contribution in [1.82, 2.24) is 15.0 Å². The summed E-state index contributed by atoms with van der Waals surface area (Å²) in [5, 5.41) is 3.02. The Morgan fingerprint density at radius 1 is 0.972 bits per heavy atom. The van der Waals surface area contributed by atoms with Crippen molar-refractivity contribution in [3.8, 4) is 0 Å². The molecule has 2 aliphatic rings. The van der Waals surface area contributed by atoms with Crippen LogP contribution in [0.1, 0.15) is 60.9 Å². The van der Waals surface area contributed by atoms with E-state index in [1.165, 1.54) is 12.1 Å². The summed E-state index contributed by atoms with van der Waals surface area (Å²) >= 11 is 6.03. The first-order chi connectivity index (χ1) is 17.3. The lowest BCUT2D eigenvalue weighted by Gasteiger charge is -2.27. The SMILES string of the molecule is O=C(NC1CCC(c2nc3cc(Cl)ccc3o2)CC1)c1ccc(S(=O)(=O)NC(=O)C2CCOCC2)o1. The minimum atomic E-state index is -4.22. The average Bonchev–Trinajstić information content (AvgIpc) is 3.53. The second-order valence-electron chi connectivity index (χ2n) is 9.16. The Bertz CT molecular complexity index is 1370. The van der Waals surface area contributed by atoms with Crippen molar-refractivity contribution in [3.05, 3.63) is 47.0 Å². The van der Waals surface area contributed by atoms with Gasteiger partial charge in [0.2, 0.25) is 11.0 Å². The van der Waals surface area contributed by atoms with Crippen LogP contribution in [-0.4, -0.2) is 44.5 Å². The molecule has 10 nitrogen and oxygen atoms in total. The maximum atomic E-state index is 12.7. The average molecular weight is 536 g/mol. The third-order valence-corrected chi connectivity index (χ3v) is 8.13. The molecule has 2 amide bonds. The fraction of sp³-hybridized carbons (Fsp3) is 0.458. The van der Waals surface area contributed by atoms with Crippen LogP contribution in [0.4, 0.5) is 0 Å². The van der Waals surface area contributed by atoms with Gasteiger partial charge in [0, 0.05) is 36.1 Å². The predicted molar refractivity (Wildman–Crippen MR) is 129 cm³/mol. The molecule has 192 valence electrons. The molecule has 2 N–H and O–H groups in total. The highest BCUT2D eigenvalue weighted by atomic mass is 35.5. The van der Waals surface area contributed by atoms with E-state index < -0.39 is 32.8 Å². The lowest BCUT2D eigenvalue weighted by atomic mass is 9.86. The number of rotatable bonds is 6. The van der Waals surface area contributed by atoms with E-state index >= 15 is 0 Å². The summed E-state index contributed by atoms with van der Waals surface area (Å²) in [5.74, 6) is -0.864. The Balaban J connectivity index is 1.15. The van der Waals surface area contributed by atoms with Crippen molar-refractivity contribution < 1.29 is 31.6 Å². The number of amides is 2. The molecule has 0 bridgehead atoms. The van der Waals surface area contributed by atoms with Gasteiger partial charge in [-0.05, 0) is 68.9 Å². The highest BCUT2D eigenvalue weighted by Crippen LogP contribution is 2.34. The number of benzene rings is 1. The van der Waals surface area contributed by atoms with Gasteiger partial charge in [-0.3, -0.25) is 9.59 Å². The van der Waals surface area contributed by atoms with Crippen molar-refractivity contribution >= 4 is 44.5 Å². The number of nitrogens with zero attached hydrogens (tertiary/aromatic N) is 1. The summed E-state index contributed by atoms with van der Waals surface area (Å²) in [6.45, 7) is 0.823. The third-order valence-electron chi connectivity index (χ3n) is 6.67. The maximum Gasteiger partial charge on any atom is 0.297 e. The molecule has 12 heteroatoms. The molecular weight excluding hydrogens is 510 g/mol. The van der Waals surface area contributed by atoms with Crippen molar-refractivity contribution in [3.63, 3.8) is 0 Å². The number of ether oxygens (including phenoxy) is 1. The van der Waals surface area contributed by atoms with Gasteiger partial charge in [-0.1, -0.05) is 11.6 Å². The van der Waals surface area contributed by atoms with Crippen molar-refractivity contribution in [1.29, 1.82) is 0 Å². The molecule has 0 spiro atoms. The number of hydrogen-bond donors (Lipinski definition) is 2. The fourth-order valence-electron chi connectivity index (χ4n) is 4.65. The monoisotopic (exact) mass is 535 g/mol. The molecule has 3 aromatic rings. The Kier molecular flexibility index (Phi) is 7.05. The van der Waals surface area contributed by atoms with Gasteiger partial charge in [0.05, 0.1) is 0 Å². The van der Waals surface area contributed by atoms with E-state index in [9.17, 15) is 18.0 Å². The minimum absolute atomic E-state index is 0.0917. The number of hydrogen-bond acceptors (Lipinski definition) is 8. The zero-order valence-electron chi connectivity index (χ0n) is 19.4. The molecule has 1 saturated heterocycles. The number of furan rings is 1. The summed E-state index contributed by atoms with van der Waals surface area (Å²) in [7, 11) is -4.22. The van der Waals surface area contributed by atoms with Crippen LogP contribution in [0.2, 0.25) is 5.02 Å². The van der Waals surface area contributed by atoms with E-state index in [0.29, 0.717) is 55.4 Å². The third kappa shape index (κ3) is 5.42. The van der Waals surface area contributed by atoms with E-state index in [0.717, 1.165) is 18.4 Å². The molecule has 1 aromatic carbocycles. The van der Waals surface area contributed by atoms with E-state index in [2.05, 4.69) is 10.3 Å². The summed E-state index contributed by atoms with van der Waals surface area (Å²) < 4.78 is 43.5. The quantitative estimate of drug-likeness (QED) is 0.486. The van der Waals surface area contributed by atoms with Crippen LogP contribution in [0.3, 0.4) is 0 Å². The van der Waals surface area contributed by atoms with Gasteiger partial charge in [0.1, 0.15) is 5.52 Å². The fourth-order valence-corrected chi connectivity index (χ4v) is 5.79. The summed E-state index contributed by atoms with van der Waals surface area (Å²) in [6, 6.07) is 7.70. The van der Waals surface area contributed by atoms with Gasteiger partial charge >= 0.3 is 0 Å². The molecule has 1 saturated carbocycles. The number of fused-ring (bicyclic) bond motifs is 1. The number of sulfonamides is 1. The second kappa shape index (κ2) is 10.2. The molecule has 1 aliphatic carbocycles. The maximum absolute atomic E-state index is 12.7. The van der Waals surface area contributed by atoms with Crippen LogP contribution < -0.4 is 10.0 Å². The first kappa shape index (κ1) is 24.8. The first-order valence-corrected chi connectivity index (χ1v) is 13.8. The van der Waals surface area contributed by atoms with E-state index in [1.807, 2.05) is 4.72 Å². The van der Waals surface area contributed by atoms with Crippen molar-refractivity contribution in [2.75, 3.05) is 13.2 Å². The standard InChI is InChI=1S/C24H26ClN3O7S/c25-16-3-6-19-18(13-16)27-24(35-19)15-1-4-17(5-2-15)26-23(30)20-7-8-21(34-20)36(31,32)28-22(29)14-9-11-33-12-10-14/h3,6-8,13-15,17H,1-2,4-5,9-12H2,(H,26,30)(H,28,29).